The van der Waals surface area contributed by atoms with Crippen molar-refractivity contribution in [2.24, 2.45) is 17.8 Å². The van der Waals surface area contributed by atoms with Crippen molar-refractivity contribution in [2.75, 3.05) is 7.11 Å². The Morgan fingerprint density at radius 2 is 2.04 bits per heavy atom. The molecule has 23 heavy (non-hydrogen) atoms. The summed E-state index contributed by atoms with van der Waals surface area (Å²) in [7, 11) is 1.66. The highest BCUT2D eigenvalue weighted by molar-refractivity contribution is 5.02. The molecule has 0 aromatic rings. The molecule has 2 aliphatic rings. The van der Waals surface area contributed by atoms with Gasteiger partial charge >= 0.3 is 0 Å². The van der Waals surface area contributed by atoms with Gasteiger partial charge in [0.25, 0.3) is 0 Å². The maximum Gasteiger partial charge on any atom is 0.160 e. The van der Waals surface area contributed by atoms with Crippen molar-refractivity contribution in [1.29, 1.82) is 0 Å². The molecular formula is C19H32O4-2. The standard InChI is InChI=1S/C19H32O4/c1-8-16-15(11(2)3)9-12(4)19(22-16)23-18-10-17(20-7)13(5)21-14(18)6/h11-12,14-19H,1,5-6,8-10H2,2-4,7H3/q-2. The van der Waals surface area contributed by atoms with Gasteiger partial charge in [0.2, 0.25) is 0 Å². The van der Waals surface area contributed by atoms with E-state index in [4.69, 9.17) is 18.9 Å². The fourth-order valence-corrected chi connectivity index (χ4v) is 3.63. The summed E-state index contributed by atoms with van der Waals surface area (Å²) in [6.45, 7) is 18.7. The molecule has 0 aromatic heterocycles. The van der Waals surface area contributed by atoms with E-state index < -0.39 is 0 Å². The van der Waals surface area contributed by atoms with Crippen molar-refractivity contribution < 1.29 is 18.9 Å². The topological polar surface area (TPSA) is 36.9 Å². The zero-order chi connectivity index (χ0) is 17.1. The lowest BCUT2D eigenvalue weighted by Crippen LogP contribution is -2.48. The third-order valence-electron chi connectivity index (χ3n) is 5.15. The Morgan fingerprint density at radius 1 is 1.35 bits per heavy atom. The highest BCUT2D eigenvalue weighted by Gasteiger charge is 2.39. The molecule has 0 aromatic carbocycles. The highest BCUT2D eigenvalue weighted by Crippen LogP contribution is 2.38. The third-order valence-corrected chi connectivity index (χ3v) is 5.15. The minimum absolute atomic E-state index is 0.149. The summed E-state index contributed by atoms with van der Waals surface area (Å²) in [5.74, 6) is 2.08. The van der Waals surface area contributed by atoms with Crippen LogP contribution in [0.2, 0.25) is 0 Å². The molecule has 2 rings (SSSR count). The summed E-state index contributed by atoms with van der Waals surface area (Å²) in [5, 5.41) is 0. The Labute approximate surface area is 141 Å². The van der Waals surface area contributed by atoms with Crippen LogP contribution >= 0.6 is 0 Å². The lowest BCUT2D eigenvalue weighted by molar-refractivity contribution is -0.272. The normalized spacial score (nSPS) is 41.9. The van der Waals surface area contributed by atoms with Crippen LogP contribution in [0.1, 0.15) is 40.0 Å². The third kappa shape index (κ3) is 4.28. The van der Waals surface area contributed by atoms with E-state index in [1.165, 1.54) is 0 Å². The van der Waals surface area contributed by atoms with Crippen molar-refractivity contribution in [3.05, 3.63) is 26.2 Å². The first-order valence-electron chi connectivity index (χ1n) is 8.68. The maximum atomic E-state index is 6.24. The summed E-state index contributed by atoms with van der Waals surface area (Å²) in [5.41, 5.74) is 0. The number of hydrogen-bond acceptors (Lipinski definition) is 4. The van der Waals surface area contributed by atoms with Crippen LogP contribution in [0, 0.1) is 31.6 Å². The van der Waals surface area contributed by atoms with Gasteiger partial charge < -0.3 is 32.8 Å². The van der Waals surface area contributed by atoms with E-state index in [2.05, 4.69) is 41.2 Å². The number of ether oxygens (including phenoxy) is 4. The smallest absolute Gasteiger partial charge is 0.160 e. The molecule has 0 aliphatic carbocycles. The van der Waals surface area contributed by atoms with Crippen LogP contribution < -0.4 is 0 Å². The number of methoxy groups -OCH3 is 1. The van der Waals surface area contributed by atoms with Crippen LogP contribution in [-0.4, -0.2) is 37.8 Å². The quantitative estimate of drug-likeness (QED) is 0.721. The molecule has 2 fully saturated rings. The van der Waals surface area contributed by atoms with Gasteiger partial charge in [-0.15, -0.1) is 0 Å². The Kier molecular flexibility index (Phi) is 6.52. The molecule has 2 saturated heterocycles. The van der Waals surface area contributed by atoms with Crippen LogP contribution in [0.25, 0.3) is 0 Å². The molecule has 4 heteroatoms. The molecule has 2 heterocycles. The highest BCUT2D eigenvalue weighted by atomic mass is 16.7. The van der Waals surface area contributed by atoms with E-state index in [0.717, 1.165) is 12.8 Å². The Hall–Kier alpha value is -0.580. The Balaban J connectivity index is 2.00. The summed E-state index contributed by atoms with van der Waals surface area (Å²) >= 11 is 0. The molecule has 134 valence electrons. The first kappa shape index (κ1) is 18.8. The van der Waals surface area contributed by atoms with Crippen LogP contribution in [0.5, 0.6) is 0 Å². The van der Waals surface area contributed by atoms with Gasteiger partial charge in [0.1, 0.15) is 11.9 Å². The lowest BCUT2D eigenvalue weighted by atomic mass is 9.79. The largest absolute Gasteiger partial charge is 0.522 e. The summed E-state index contributed by atoms with van der Waals surface area (Å²) < 4.78 is 23.5. The van der Waals surface area contributed by atoms with Gasteiger partial charge in [0.15, 0.2) is 6.29 Å². The second-order valence-electron chi connectivity index (χ2n) is 7.21. The maximum absolute atomic E-state index is 6.24. The van der Waals surface area contributed by atoms with Gasteiger partial charge in [-0.2, -0.15) is 6.42 Å². The molecule has 0 amide bonds. The minimum atomic E-state index is -0.286. The molecule has 0 N–H and O–H groups in total. The van der Waals surface area contributed by atoms with Crippen molar-refractivity contribution >= 4 is 0 Å². The monoisotopic (exact) mass is 324 g/mol. The molecule has 4 nitrogen and oxygen atoms in total. The molecule has 7 unspecified atom stereocenters. The van der Waals surface area contributed by atoms with Crippen LogP contribution in [0.15, 0.2) is 12.3 Å². The molecule has 0 saturated carbocycles. The van der Waals surface area contributed by atoms with E-state index in [-0.39, 0.29) is 30.7 Å². The number of rotatable bonds is 5. The van der Waals surface area contributed by atoms with Gasteiger partial charge in [-0.25, -0.2) is 0 Å². The molecule has 0 bridgehead atoms. The summed E-state index contributed by atoms with van der Waals surface area (Å²) in [6.07, 6.45) is 1.88. The molecule has 0 radical (unpaired) electrons. The average molecular weight is 324 g/mol. The van der Waals surface area contributed by atoms with Gasteiger partial charge in [0, 0.05) is 31.7 Å². The predicted molar refractivity (Wildman–Crippen MR) is 90.4 cm³/mol. The number of hydrogen-bond donors (Lipinski definition) is 0. The van der Waals surface area contributed by atoms with Gasteiger partial charge in [-0.05, 0) is 18.3 Å². The van der Waals surface area contributed by atoms with Crippen molar-refractivity contribution in [2.45, 2.75) is 70.7 Å². The predicted octanol–water partition coefficient (Wildman–Crippen LogP) is 3.77. The van der Waals surface area contributed by atoms with Crippen LogP contribution in [-0.2, 0) is 18.9 Å². The van der Waals surface area contributed by atoms with Crippen molar-refractivity contribution in [3.8, 4) is 0 Å². The zero-order valence-corrected chi connectivity index (χ0v) is 15.0. The van der Waals surface area contributed by atoms with Crippen molar-refractivity contribution in [3.63, 3.8) is 0 Å². The fourth-order valence-electron chi connectivity index (χ4n) is 3.63. The fraction of sp³-hybridized carbons (Fsp3) is 0.789. The first-order valence-corrected chi connectivity index (χ1v) is 8.68. The van der Waals surface area contributed by atoms with E-state index >= 15 is 0 Å². The first-order chi connectivity index (χ1) is 10.9. The van der Waals surface area contributed by atoms with Gasteiger partial charge in [-0.3, -0.25) is 0 Å². The summed E-state index contributed by atoms with van der Waals surface area (Å²) in [6, 6.07) is 0. The molecular weight excluding hydrogens is 292 g/mol. The van der Waals surface area contributed by atoms with Gasteiger partial charge in [0.05, 0.1) is 6.10 Å². The minimum Gasteiger partial charge on any atom is -0.522 e. The van der Waals surface area contributed by atoms with Crippen molar-refractivity contribution in [1.82, 2.24) is 0 Å². The SMILES string of the molecule is C=C1OC([CH2-])C(OC2OC(C[CH2-])C(C(C)C)CC2C)CC1OC. The molecule has 2 aliphatic heterocycles. The van der Waals surface area contributed by atoms with Gasteiger partial charge in [-0.1, -0.05) is 27.4 Å². The second kappa shape index (κ2) is 8.00. The average Bonchev–Trinajstić information content (AvgIpc) is 2.51. The van der Waals surface area contributed by atoms with Crippen LogP contribution in [0.4, 0.5) is 0 Å². The Bertz CT molecular complexity index is 395. The van der Waals surface area contributed by atoms with E-state index in [1.54, 1.807) is 7.11 Å². The molecule has 7 atom stereocenters. The zero-order valence-electron chi connectivity index (χ0n) is 15.0. The Morgan fingerprint density at radius 3 is 2.61 bits per heavy atom. The van der Waals surface area contributed by atoms with E-state index in [1.807, 2.05) is 0 Å². The second-order valence-corrected chi connectivity index (χ2v) is 7.21. The van der Waals surface area contributed by atoms with Crippen LogP contribution in [0.3, 0.4) is 0 Å². The lowest BCUT2D eigenvalue weighted by Gasteiger charge is -2.46. The van der Waals surface area contributed by atoms with E-state index in [9.17, 15) is 0 Å². The molecule has 0 spiro atoms. The summed E-state index contributed by atoms with van der Waals surface area (Å²) in [4.78, 5) is 0. The van der Waals surface area contributed by atoms with E-state index in [0.29, 0.717) is 29.9 Å².